The molecule has 1 N–H and O–H groups in total. The van der Waals surface area contributed by atoms with Crippen LogP contribution >= 0.6 is 0 Å². The Morgan fingerprint density at radius 2 is 1.94 bits per heavy atom. The Bertz CT molecular complexity index is 955. The normalized spacial score (nSPS) is 19.9. The Labute approximate surface area is 182 Å². The van der Waals surface area contributed by atoms with Crippen molar-refractivity contribution in [3.63, 3.8) is 0 Å². The van der Waals surface area contributed by atoms with Gasteiger partial charge in [0.05, 0.1) is 18.1 Å². The molecule has 1 spiro atoms. The number of fused-ring (bicyclic) bond motifs is 1. The first-order valence-electron chi connectivity index (χ1n) is 11.0. The molecule has 2 aromatic rings. The van der Waals surface area contributed by atoms with E-state index in [9.17, 15) is 14.0 Å². The molecule has 0 bridgehead atoms. The minimum atomic E-state index is -0.561. The van der Waals surface area contributed by atoms with E-state index in [0.717, 1.165) is 37.7 Å². The molecule has 1 aliphatic heterocycles. The summed E-state index contributed by atoms with van der Waals surface area (Å²) in [4.78, 5) is 29.0. The zero-order valence-electron chi connectivity index (χ0n) is 17.9. The minimum absolute atomic E-state index is 0.0243. The number of carbonyl (C=O) groups excluding carboxylic acids is 2. The number of hydrogen-bond acceptors (Lipinski definition) is 3. The van der Waals surface area contributed by atoms with Gasteiger partial charge in [0.15, 0.2) is 0 Å². The van der Waals surface area contributed by atoms with Gasteiger partial charge in [0, 0.05) is 25.8 Å². The van der Waals surface area contributed by atoms with Crippen LogP contribution in [0.3, 0.4) is 0 Å². The first kappa shape index (κ1) is 21.5. The number of rotatable bonds is 6. The van der Waals surface area contributed by atoms with Crippen molar-refractivity contribution in [2.24, 2.45) is 0 Å². The van der Waals surface area contributed by atoms with Crippen LogP contribution in [0.1, 0.15) is 59.5 Å². The molecule has 2 aliphatic rings. The van der Waals surface area contributed by atoms with Crippen molar-refractivity contribution >= 4 is 11.8 Å². The van der Waals surface area contributed by atoms with E-state index in [1.165, 1.54) is 12.1 Å². The largest absolute Gasteiger partial charge is 0.383 e. The first-order chi connectivity index (χ1) is 15.1. The first-order valence-corrected chi connectivity index (χ1v) is 11.0. The topological polar surface area (TPSA) is 58.6 Å². The number of methoxy groups -OCH3 is 1. The number of amides is 2. The lowest BCUT2D eigenvalue weighted by atomic mass is 9.65. The highest BCUT2D eigenvalue weighted by Crippen LogP contribution is 2.49. The molecule has 2 amide bonds. The lowest BCUT2D eigenvalue weighted by Crippen LogP contribution is -2.63. The minimum Gasteiger partial charge on any atom is -0.383 e. The fourth-order valence-corrected chi connectivity index (χ4v) is 5.29. The van der Waals surface area contributed by atoms with Crippen LogP contribution < -0.4 is 5.32 Å². The Morgan fingerprint density at radius 1 is 1.16 bits per heavy atom. The van der Waals surface area contributed by atoms with Gasteiger partial charge in [0.2, 0.25) is 5.91 Å². The van der Waals surface area contributed by atoms with Crippen LogP contribution in [0.15, 0.2) is 48.5 Å². The third-order valence-electron chi connectivity index (χ3n) is 6.68. The highest BCUT2D eigenvalue weighted by atomic mass is 19.1. The summed E-state index contributed by atoms with van der Waals surface area (Å²) in [6.07, 6.45) is 4.64. The SMILES string of the molecule is COCCN1C(=O)c2ccccc2[C@H](C(=O)NCc2cccc(F)c2)C12CCCCC2. The Kier molecular flexibility index (Phi) is 6.37. The molecule has 0 unspecified atom stereocenters. The smallest absolute Gasteiger partial charge is 0.254 e. The van der Waals surface area contributed by atoms with E-state index in [1.807, 2.05) is 23.1 Å². The summed E-state index contributed by atoms with van der Waals surface area (Å²) in [5, 5.41) is 3.03. The molecular weight excluding hydrogens is 395 g/mol. The van der Waals surface area contributed by atoms with Gasteiger partial charge in [-0.15, -0.1) is 0 Å². The maximum atomic E-state index is 13.6. The monoisotopic (exact) mass is 424 g/mol. The van der Waals surface area contributed by atoms with Crippen LogP contribution in [0.2, 0.25) is 0 Å². The summed E-state index contributed by atoms with van der Waals surface area (Å²) in [6.45, 7) is 1.13. The summed E-state index contributed by atoms with van der Waals surface area (Å²) < 4.78 is 18.9. The van der Waals surface area contributed by atoms with Gasteiger partial charge in [-0.3, -0.25) is 9.59 Å². The number of hydrogen-bond donors (Lipinski definition) is 1. The van der Waals surface area contributed by atoms with E-state index in [2.05, 4.69) is 5.32 Å². The van der Waals surface area contributed by atoms with Crippen molar-refractivity contribution in [2.45, 2.75) is 50.1 Å². The summed E-state index contributed by atoms with van der Waals surface area (Å²) in [6, 6.07) is 13.7. The number of ether oxygens (including phenoxy) is 1. The second kappa shape index (κ2) is 9.18. The quantitative estimate of drug-likeness (QED) is 0.762. The molecular formula is C25H29FN2O3. The molecule has 0 saturated heterocycles. The zero-order chi connectivity index (χ0) is 21.8. The van der Waals surface area contributed by atoms with Gasteiger partial charge in [-0.1, -0.05) is 49.6 Å². The van der Waals surface area contributed by atoms with E-state index in [4.69, 9.17) is 4.74 Å². The zero-order valence-corrected chi connectivity index (χ0v) is 17.9. The molecule has 4 rings (SSSR count). The molecule has 1 atom stereocenters. The van der Waals surface area contributed by atoms with Gasteiger partial charge in [0.25, 0.3) is 5.91 Å². The molecule has 0 aromatic heterocycles. The number of benzene rings is 2. The number of carbonyl (C=O) groups is 2. The number of nitrogens with one attached hydrogen (secondary N) is 1. The van der Waals surface area contributed by atoms with Gasteiger partial charge >= 0.3 is 0 Å². The molecule has 6 heteroatoms. The third-order valence-corrected chi connectivity index (χ3v) is 6.68. The molecule has 31 heavy (non-hydrogen) atoms. The van der Waals surface area contributed by atoms with Gasteiger partial charge in [-0.2, -0.15) is 0 Å². The average Bonchev–Trinajstić information content (AvgIpc) is 2.78. The van der Waals surface area contributed by atoms with E-state index in [-0.39, 0.29) is 24.2 Å². The molecule has 0 radical (unpaired) electrons. The fourth-order valence-electron chi connectivity index (χ4n) is 5.29. The van der Waals surface area contributed by atoms with E-state index in [0.29, 0.717) is 24.3 Å². The lowest BCUT2D eigenvalue weighted by molar-refractivity contribution is -0.127. The maximum Gasteiger partial charge on any atom is 0.254 e. The predicted molar refractivity (Wildman–Crippen MR) is 116 cm³/mol. The van der Waals surface area contributed by atoms with E-state index >= 15 is 0 Å². The van der Waals surface area contributed by atoms with Gasteiger partial charge < -0.3 is 15.0 Å². The van der Waals surface area contributed by atoms with Crippen LogP contribution in [0.25, 0.3) is 0 Å². The van der Waals surface area contributed by atoms with Crippen LogP contribution in [-0.4, -0.2) is 42.5 Å². The Morgan fingerprint density at radius 3 is 2.68 bits per heavy atom. The predicted octanol–water partition coefficient (Wildman–Crippen LogP) is 4.03. The van der Waals surface area contributed by atoms with Crippen molar-refractivity contribution in [2.75, 3.05) is 20.3 Å². The molecule has 1 aliphatic carbocycles. The molecule has 5 nitrogen and oxygen atoms in total. The number of halogens is 1. The average molecular weight is 425 g/mol. The third kappa shape index (κ3) is 4.09. The molecule has 2 aromatic carbocycles. The Hall–Kier alpha value is -2.73. The summed E-state index contributed by atoms with van der Waals surface area (Å²) >= 11 is 0. The van der Waals surface area contributed by atoms with Gasteiger partial charge in [0.1, 0.15) is 5.82 Å². The van der Waals surface area contributed by atoms with Crippen LogP contribution in [0, 0.1) is 5.82 Å². The highest BCUT2D eigenvalue weighted by molar-refractivity contribution is 6.02. The summed E-state index contributed by atoms with van der Waals surface area (Å²) in [5.74, 6) is -0.931. The van der Waals surface area contributed by atoms with E-state index < -0.39 is 11.5 Å². The molecule has 1 heterocycles. The van der Waals surface area contributed by atoms with Crippen molar-refractivity contribution in [1.82, 2.24) is 10.2 Å². The molecule has 164 valence electrons. The van der Waals surface area contributed by atoms with Crippen molar-refractivity contribution in [3.8, 4) is 0 Å². The summed E-state index contributed by atoms with van der Waals surface area (Å²) in [5.41, 5.74) is 1.52. The van der Waals surface area contributed by atoms with E-state index in [1.54, 1.807) is 25.3 Å². The second-order valence-electron chi connectivity index (χ2n) is 8.48. The van der Waals surface area contributed by atoms with Crippen LogP contribution in [0.5, 0.6) is 0 Å². The van der Waals surface area contributed by atoms with Gasteiger partial charge in [-0.05, 0) is 42.2 Å². The molecule has 1 fully saturated rings. The highest BCUT2D eigenvalue weighted by Gasteiger charge is 2.54. The van der Waals surface area contributed by atoms with Gasteiger partial charge in [-0.25, -0.2) is 4.39 Å². The van der Waals surface area contributed by atoms with Crippen molar-refractivity contribution in [1.29, 1.82) is 0 Å². The van der Waals surface area contributed by atoms with Crippen LogP contribution in [-0.2, 0) is 16.1 Å². The summed E-state index contributed by atoms with van der Waals surface area (Å²) in [7, 11) is 1.62. The maximum absolute atomic E-state index is 13.6. The standard InChI is InChI=1S/C25H29FN2O3/c1-31-15-14-28-24(30)21-11-4-3-10-20(21)22(25(28)12-5-2-6-13-25)23(29)27-17-18-8-7-9-19(26)16-18/h3-4,7-11,16,22H,2,5-6,12-15,17H2,1H3,(H,27,29)/t22-/m1/s1. The van der Waals surface area contributed by atoms with Crippen LogP contribution in [0.4, 0.5) is 4.39 Å². The van der Waals surface area contributed by atoms with Crippen molar-refractivity contribution in [3.05, 3.63) is 71.0 Å². The lowest BCUT2D eigenvalue weighted by Gasteiger charge is -2.53. The van der Waals surface area contributed by atoms with Crippen molar-refractivity contribution < 1.29 is 18.7 Å². The fraction of sp³-hybridized carbons (Fsp3) is 0.440. The number of nitrogens with zero attached hydrogens (tertiary/aromatic N) is 1. The second-order valence-corrected chi connectivity index (χ2v) is 8.48. The Balaban J connectivity index is 1.71. The molecule has 1 saturated carbocycles.